The molecule has 0 saturated heterocycles. The van der Waals surface area contributed by atoms with Crippen LogP contribution in [0.15, 0.2) is 0 Å². The number of carbonyl (C=O) groups excluding carboxylic acids is 2. The van der Waals surface area contributed by atoms with Gasteiger partial charge in [0, 0.05) is 7.05 Å². The Morgan fingerprint density at radius 2 is 1.94 bits per heavy atom. The summed E-state index contributed by atoms with van der Waals surface area (Å²) >= 11 is 0. The number of likely N-dealkylation sites (N-methyl/N-ethyl adjacent to an activating group) is 1. The molecule has 3 atom stereocenters. The van der Waals surface area contributed by atoms with E-state index >= 15 is 0 Å². The van der Waals surface area contributed by atoms with E-state index in [0.29, 0.717) is 0 Å². The van der Waals surface area contributed by atoms with Gasteiger partial charge < -0.3 is 21.1 Å². The molecule has 0 aliphatic heterocycles. The second-order valence-corrected chi connectivity index (χ2v) is 4.35. The molecular formula is C11H23N3O3. The molecule has 4 N–H and O–H groups in total. The number of nitrogens with two attached hydrogens (primary N) is 1. The average molecular weight is 245 g/mol. The monoisotopic (exact) mass is 245 g/mol. The highest BCUT2D eigenvalue weighted by atomic mass is 16.3. The largest absolute Gasteiger partial charge is 0.394 e. The Hall–Kier alpha value is -1.30. The molecule has 0 aromatic rings. The Kier molecular flexibility index (Phi) is 6.57. The topological polar surface area (TPSA) is 95.7 Å². The van der Waals surface area contributed by atoms with Crippen molar-refractivity contribution in [2.45, 2.75) is 39.3 Å². The zero-order valence-electron chi connectivity index (χ0n) is 10.9. The molecule has 0 aromatic heterocycles. The van der Waals surface area contributed by atoms with Crippen molar-refractivity contribution in [3.05, 3.63) is 0 Å². The molecule has 0 aliphatic rings. The molecule has 0 radical (unpaired) electrons. The molecule has 0 rings (SSSR count). The van der Waals surface area contributed by atoms with Gasteiger partial charge in [0.25, 0.3) is 0 Å². The van der Waals surface area contributed by atoms with Gasteiger partial charge >= 0.3 is 6.03 Å². The third-order valence-corrected chi connectivity index (χ3v) is 3.05. The maximum Gasteiger partial charge on any atom is 0.312 e. The van der Waals surface area contributed by atoms with Gasteiger partial charge in [-0.2, -0.15) is 0 Å². The van der Waals surface area contributed by atoms with Gasteiger partial charge in [-0.05, 0) is 12.8 Å². The van der Waals surface area contributed by atoms with Crippen LogP contribution in [0.2, 0.25) is 0 Å². The van der Waals surface area contributed by atoms with Gasteiger partial charge in [-0.3, -0.25) is 4.79 Å². The fraction of sp³-hybridized carbons (Fsp3) is 0.818. The van der Waals surface area contributed by atoms with Crippen molar-refractivity contribution in [2.24, 2.45) is 11.7 Å². The maximum atomic E-state index is 12.1. The molecule has 0 heterocycles. The lowest BCUT2D eigenvalue weighted by atomic mass is 9.97. The Balaban J connectivity index is 4.79. The van der Waals surface area contributed by atoms with E-state index in [1.165, 1.54) is 4.90 Å². The summed E-state index contributed by atoms with van der Waals surface area (Å²) < 4.78 is 0. The zero-order valence-corrected chi connectivity index (χ0v) is 10.9. The number of aliphatic hydroxyl groups excluding tert-OH is 1. The van der Waals surface area contributed by atoms with E-state index in [0.717, 1.165) is 6.42 Å². The maximum absolute atomic E-state index is 12.1. The van der Waals surface area contributed by atoms with Crippen LogP contribution in [0, 0.1) is 5.92 Å². The van der Waals surface area contributed by atoms with Crippen LogP contribution in [0.3, 0.4) is 0 Å². The number of nitrogens with one attached hydrogen (secondary N) is 1. The highest BCUT2D eigenvalue weighted by Crippen LogP contribution is 2.11. The molecule has 0 aliphatic carbocycles. The molecule has 100 valence electrons. The lowest BCUT2D eigenvalue weighted by molar-refractivity contribution is -0.135. The molecule has 0 fully saturated rings. The molecular weight excluding hydrogens is 222 g/mol. The van der Waals surface area contributed by atoms with Crippen LogP contribution < -0.4 is 11.1 Å². The Labute approximate surface area is 102 Å². The summed E-state index contributed by atoms with van der Waals surface area (Å²) in [6.07, 6.45) is 0.748. The molecule has 6 nitrogen and oxygen atoms in total. The number of urea groups is 1. The van der Waals surface area contributed by atoms with Crippen molar-refractivity contribution < 1.29 is 14.7 Å². The molecule has 0 bridgehead atoms. The number of nitrogens with zero attached hydrogens (tertiary/aromatic N) is 1. The van der Waals surface area contributed by atoms with Gasteiger partial charge in [-0.15, -0.1) is 0 Å². The summed E-state index contributed by atoms with van der Waals surface area (Å²) in [5, 5.41) is 11.5. The van der Waals surface area contributed by atoms with Gasteiger partial charge in [0.2, 0.25) is 5.91 Å². The number of hydrogen-bond acceptors (Lipinski definition) is 3. The summed E-state index contributed by atoms with van der Waals surface area (Å²) in [4.78, 5) is 24.4. The molecule has 17 heavy (non-hydrogen) atoms. The summed E-state index contributed by atoms with van der Waals surface area (Å²) in [7, 11) is 1.60. The Morgan fingerprint density at radius 1 is 1.41 bits per heavy atom. The van der Waals surface area contributed by atoms with Crippen LogP contribution in [0.5, 0.6) is 0 Å². The molecule has 0 saturated carbocycles. The van der Waals surface area contributed by atoms with E-state index in [9.17, 15) is 9.59 Å². The summed E-state index contributed by atoms with van der Waals surface area (Å²) in [6, 6.07) is -1.64. The molecule has 3 amide bonds. The number of carbonyl (C=O) groups is 2. The first-order valence-electron chi connectivity index (χ1n) is 5.78. The third kappa shape index (κ3) is 4.60. The van der Waals surface area contributed by atoms with Crippen LogP contribution in [-0.2, 0) is 4.79 Å². The fourth-order valence-electron chi connectivity index (χ4n) is 1.40. The van der Waals surface area contributed by atoms with Crippen molar-refractivity contribution in [2.75, 3.05) is 13.7 Å². The van der Waals surface area contributed by atoms with E-state index in [1.807, 2.05) is 13.8 Å². The number of aliphatic hydroxyl groups is 1. The van der Waals surface area contributed by atoms with E-state index in [1.54, 1.807) is 14.0 Å². The number of hydrogen-bond donors (Lipinski definition) is 3. The minimum atomic E-state index is -0.714. The van der Waals surface area contributed by atoms with Crippen molar-refractivity contribution in [1.29, 1.82) is 0 Å². The van der Waals surface area contributed by atoms with Crippen LogP contribution >= 0.6 is 0 Å². The van der Waals surface area contributed by atoms with Crippen LogP contribution in [0.25, 0.3) is 0 Å². The molecule has 0 aromatic carbocycles. The van der Waals surface area contributed by atoms with Gasteiger partial charge in [0.15, 0.2) is 0 Å². The first-order chi connectivity index (χ1) is 7.84. The predicted octanol–water partition coefficient (Wildman–Crippen LogP) is -0.0914. The third-order valence-electron chi connectivity index (χ3n) is 3.05. The average Bonchev–Trinajstić information content (AvgIpc) is 2.31. The van der Waals surface area contributed by atoms with E-state index in [2.05, 4.69) is 5.32 Å². The number of primary amides is 1. The lowest BCUT2D eigenvalue weighted by Crippen LogP contribution is -2.54. The quantitative estimate of drug-likeness (QED) is 0.610. The van der Waals surface area contributed by atoms with Crippen molar-refractivity contribution in [3.8, 4) is 0 Å². The highest BCUT2D eigenvalue weighted by molar-refractivity contribution is 5.86. The van der Waals surface area contributed by atoms with Crippen molar-refractivity contribution in [3.63, 3.8) is 0 Å². The zero-order chi connectivity index (χ0) is 13.6. The standard InChI is InChI=1S/C11H23N3O3/c1-5-7(2)9(13-11(12)17)10(16)14(4)8(3)6-15/h7-9,15H,5-6H2,1-4H3,(H3,12,13,17). The summed E-state index contributed by atoms with van der Waals surface area (Å²) in [6.45, 7) is 5.42. The van der Waals surface area contributed by atoms with E-state index < -0.39 is 12.1 Å². The fourth-order valence-corrected chi connectivity index (χ4v) is 1.40. The first-order valence-corrected chi connectivity index (χ1v) is 5.78. The van der Waals surface area contributed by atoms with Crippen LogP contribution in [0.1, 0.15) is 27.2 Å². The Morgan fingerprint density at radius 3 is 2.29 bits per heavy atom. The normalized spacial score (nSPS) is 15.8. The Bertz CT molecular complexity index is 271. The predicted molar refractivity (Wildman–Crippen MR) is 65.3 cm³/mol. The van der Waals surface area contributed by atoms with E-state index in [4.69, 9.17) is 10.8 Å². The molecule has 6 heteroatoms. The van der Waals surface area contributed by atoms with Gasteiger partial charge in [-0.1, -0.05) is 20.3 Å². The molecule has 0 spiro atoms. The van der Waals surface area contributed by atoms with E-state index in [-0.39, 0.29) is 24.5 Å². The van der Waals surface area contributed by atoms with Gasteiger partial charge in [-0.25, -0.2) is 4.79 Å². The summed E-state index contributed by atoms with van der Waals surface area (Å²) in [5.41, 5.74) is 5.06. The minimum absolute atomic E-state index is 0.0108. The summed E-state index contributed by atoms with van der Waals surface area (Å²) in [5.74, 6) is -0.247. The lowest BCUT2D eigenvalue weighted by Gasteiger charge is -2.30. The van der Waals surface area contributed by atoms with Crippen LogP contribution in [0.4, 0.5) is 4.79 Å². The highest BCUT2D eigenvalue weighted by Gasteiger charge is 2.29. The first kappa shape index (κ1) is 15.7. The SMILES string of the molecule is CCC(C)C(NC(N)=O)C(=O)N(C)C(C)CO. The van der Waals surface area contributed by atoms with Gasteiger partial charge in [0.1, 0.15) is 6.04 Å². The van der Waals surface area contributed by atoms with Crippen molar-refractivity contribution >= 4 is 11.9 Å². The second-order valence-electron chi connectivity index (χ2n) is 4.35. The molecule has 3 unspecified atom stereocenters. The number of rotatable bonds is 6. The smallest absolute Gasteiger partial charge is 0.312 e. The minimum Gasteiger partial charge on any atom is -0.394 e. The van der Waals surface area contributed by atoms with Crippen molar-refractivity contribution in [1.82, 2.24) is 10.2 Å². The van der Waals surface area contributed by atoms with Crippen LogP contribution in [-0.4, -0.2) is 47.7 Å². The van der Waals surface area contributed by atoms with Gasteiger partial charge in [0.05, 0.1) is 12.6 Å². The second kappa shape index (κ2) is 7.11. The number of amides is 3.